The summed E-state index contributed by atoms with van der Waals surface area (Å²) in [6.07, 6.45) is 6.33. The minimum atomic E-state index is -0.596. The molecule has 1 aromatic heterocycles. The number of carbonyl (C=O) groups excluding carboxylic acids is 2. The molecule has 7 nitrogen and oxygen atoms in total. The quantitative estimate of drug-likeness (QED) is 0.661. The highest BCUT2D eigenvalue weighted by Gasteiger charge is 2.20. The van der Waals surface area contributed by atoms with E-state index in [1.54, 1.807) is 36.4 Å². The van der Waals surface area contributed by atoms with E-state index in [0.29, 0.717) is 11.4 Å². The van der Waals surface area contributed by atoms with E-state index in [0.717, 1.165) is 30.9 Å². The maximum atomic E-state index is 12.6. The molecular formula is C19H22N4O3. The van der Waals surface area contributed by atoms with Crippen molar-refractivity contribution >= 4 is 23.8 Å². The van der Waals surface area contributed by atoms with Gasteiger partial charge in [0.2, 0.25) is 5.91 Å². The molecular weight excluding hydrogens is 332 g/mol. The van der Waals surface area contributed by atoms with Gasteiger partial charge in [-0.1, -0.05) is 24.6 Å². The number of hydrogen-bond donors (Lipinski definition) is 1. The summed E-state index contributed by atoms with van der Waals surface area (Å²) in [5, 5.41) is 7.74. The molecule has 0 atom stereocenters. The number of para-hydroxylation sites is 1. The van der Waals surface area contributed by atoms with Crippen molar-refractivity contribution in [3.8, 4) is 0 Å². The molecule has 0 aliphatic carbocycles. The van der Waals surface area contributed by atoms with Gasteiger partial charge >= 0.3 is 6.03 Å². The first-order valence-corrected chi connectivity index (χ1v) is 8.71. The van der Waals surface area contributed by atoms with Gasteiger partial charge in [-0.25, -0.2) is 4.79 Å². The van der Waals surface area contributed by atoms with Gasteiger partial charge in [0.15, 0.2) is 0 Å². The summed E-state index contributed by atoms with van der Waals surface area (Å²) in [6, 6.07) is 11.8. The van der Waals surface area contributed by atoms with E-state index in [4.69, 9.17) is 4.42 Å². The highest BCUT2D eigenvalue weighted by molar-refractivity contribution is 6.03. The summed E-state index contributed by atoms with van der Waals surface area (Å²) >= 11 is 0. The van der Waals surface area contributed by atoms with E-state index in [2.05, 4.69) is 15.3 Å². The van der Waals surface area contributed by atoms with Gasteiger partial charge < -0.3 is 4.42 Å². The number of anilines is 1. The van der Waals surface area contributed by atoms with Crippen molar-refractivity contribution in [1.29, 1.82) is 0 Å². The lowest BCUT2D eigenvalue weighted by Crippen LogP contribution is -2.46. The van der Waals surface area contributed by atoms with Gasteiger partial charge in [-0.3, -0.25) is 15.0 Å². The third-order valence-corrected chi connectivity index (χ3v) is 4.10. The average Bonchev–Trinajstić information content (AvgIpc) is 3.17. The monoisotopic (exact) mass is 354 g/mol. The Balaban J connectivity index is 1.67. The zero-order chi connectivity index (χ0) is 18.2. The number of amides is 3. The number of carbonyl (C=O) groups is 2. The Morgan fingerprint density at radius 3 is 2.58 bits per heavy atom. The van der Waals surface area contributed by atoms with Crippen molar-refractivity contribution in [2.24, 2.45) is 5.10 Å². The largest absolute Gasteiger partial charge is 0.463 e. The lowest BCUT2D eigenvalue weighted by atomic mass is 10.1. The fourth-order valence-electron chi connectivity index (χ4n) is 2.82. The maximum absolute atomic E-state index is 12.6. The van der Waals surface area contributed by atoms with Gasteiger partial charge in [-0.2, -0.15) is 10.1 Å². The van der Waals surface area contributed by atoms with Crippen LogP contribution in [0.5, 0.6) is 0 Å². The minimum absolute atomic E-state index is 0.219. The minimum Gasteiger partial charge on any atom is -0.463 e. The fourth-order valence-corrected chi connectivity index (χ4v) is 2.82. The molecule has 1 fully saturated rings. The Kier molecular flexibility index (Phi) is 6.16. The Morgan fingerprint density at radius 1 is 1.12 bits per heavy atom. The second-order valence-corrected chi connectivity index (χ2v) is 6.10. The zero-order valence-electron chi connectivity index (χ0n) is 14.5. The molecule has 1 N–H and O–H groups in total. The number of likely N-dealkylation sites (tertiary alicyclic amines) is 1. The van der Waals surface area contributed by atoms with Gasteiger partial charge in [-0.05, 0) is 50.2 Å². The first-order chi connectivity index (χ1) is 12.7. The van der Waals surface area contributed by atoms with Crippen molar-refractivity contribution in [1.82, 2.24) is 10.2 Å². The third kappa shape index (κ3) is 5.03. The first-order valence-electron chi connectivity index (χ1n) is 8.71. The number of hydrogen-bond acceptors (Lipinski definition) is 5. The molecule has 26 heavy (non-hydrogen) atoms. The van der Waals surface area contributed by atoms with Gasteiger partial charge in [0.25, 0.3) is 0 Å². The molecule has 7 heteroatoms. The predicted molar refractivity (Wildman–Crippen MR) is 99.1 cm³/mol. The van der Waals surface area contributed by atoms with Gasteiger partial charge in [0.05, 0.1) is 24.7 Å². The second-order valence-electron chi connectivity index (χ2n) is 6.10. The average molecular weight is 354 g/mol. The molecule has 2 heterocycles. The summed E-state index contributed by atoms with van der Waals surface area (Å²) in [7, 11) is 0. The molecule has 3 amide bonds. The second kappa shape index (κ2) is 8.96. The van der Waals surface area contributed by atoms with Crippen LogP contribution in [0.25, 0.3) is 0 Å². The van der Waals surface area contributed by atoms with Crippen LogP contribution in [0.3, 0.4) is 0 Å². The van der Waals surface area contributed by atoms with Gasteiger partial charge in [-0.15, -0.1) is 0 Å². The Hall–Kier alpha value is -2.93. The molecule has 1 aromatic carbocycles. The molecule has 3 rings (SSSR count). The lowest BCUT2D eigenvalue weighted by molar-refractivity contribution is -0.121. The van der Waals surface area contributed by atoms with Crippen LogP contribution in [0.2, 0.25) is 0 Å². The standard InChI is InChI=1S/C19H22N4O3/c24-18(15-22-11-5-2-6-12-22)21-19(25)23(16-8-3-1-4-9-16)20-14-17-10-7-13-26-17/h1,3-4,7-10,13-14H,2,5-6,11-12,15H2,(H,21,24,25)/b20-14+. The van der Waals surface area contributed by atoms with Crippen LogP contribution in [-0.4, -0.2) is 42.7 Å². The van der Waals surface area contributed by atoms with E-state index in [1.807, 2.05) is 6.07 Å². The maximum Gasteiger partial charge on any atom is 0.349 e. The van der Waals surface area contributed by atoms with Crippen molar-refractivity contribution < 1.29 is 14.0 Å². The third-order valence-electron chi connectivity index (χ3n) is 4.10. The van der Waals surface area contributed by atoms with Crippen molar-refractivity contribution in [3.63, 3.8) is 0 Å². The van der Waals surface area contributed by atoms with Crippen molar-refractivity contribution in [3.05, 3.63) is 54.5 Å². The van der Waals surface area contributed by atoms with Crippen molar-refractivity contribution in [2.45, 2.75) is 19.3 Å². The fraction of sp³-hybridized carbons (Fsp3) is 0.316. The number of rotatable bonds is 5. The Morgan fingerprint density at radius 2 is 1.88 bits per heavy atom. The molecule has 0 unspecified atom stereocenters. The first kappa shape index (κ1) is 17.9. The van der Waals surface area contributed by atoms with Crippen LogP contribution in [0.15, 0.2) is 58.2 Å². The lowest BCUT2D eigenvalue weighted by Gasteiger charge is -2.25. The van der Waals surface area contributed by atoms with Crippen LogP contribution in [0.4, 0.5) is 10.5 Å². The number of furan rings is 1. The number of benzene rings is 1. The number of nitrogens with zero attached hydrogens (tertiary/aromatic N) is 3. The number of urea groups is 1. The smallest absolute Gasteiger partial charge is 0.349 e. The van der Waals surface area contributed by atoms with Gasteiger partial charge in [0, 0.05) is 0 Å². The molecule has 1 saturated heterocycles. The van der Waals surface area contributed by atoms with E-state index in [9.17, 15) is 9.59 Å². The molecule has 136 valence electrons. The molecule has 0 radical (unpaired) electrons. The molecule has 0 saturated carbocycles. The number of hydrazone groups is 1. The van der Waals surface area contributed by atoms with Crippen LogP contribution >= 0.6 is 0 Å². The van der Waals surface area contributed by atoms with Crippen molar-refractivity contribution in [2.75, 3.05) is 24.6 Å². The highest BCUT2D eigenvalue weighted by Crippen LogP contribution is 2.14. The summed E-state index contributed by atoms with van der Waals surface area (Å²) in [5.74, 6) is 0.185. The molecule has 1 aliphatic rings. The van der Waals surface area contributed by atoms with Crippen LogP contribution in [0, 0.1) is 0 Å². The molecule has 1 aliphatic heterocycles. The van der Waals surface area contributed by atoms with Crippen LogP contribution in [-0.2, 0) is 4.79 Å². The SMILES string of the molecule is O=C(CN1CCCCC1)NC(=O)N(/N=C/c1ccco1)c1ccccc1. The zero-order valence-corrected chi connectivity index (χ0v) is 14.5. The summed E-state index contributed by atoms with van der Waals surface area (Å²) in [5.41, 5.74) is 0.554. The summed E-state index contributed by atoms with van der Waals surface area (Å²) < 4.78 is 5.20. The topological polar surface area (TPSA) is 78.2 Å². The molecule has 0 spiro atoms. The van der Waals surface area contributed by atoms with E-state index in [1.165, 1.54) is 18.9 Å². The molecule has 0 bridgehead atoms. The Labute approximate surface area is 152 Å². The van der Waals surface area contributed by atoms with Crippen LogP contribution < -0.4 is 10.3 Å². The van der Waals surface area contributed by atoms with Crippen LogP contribution in [0.1, 0.15) is 25.0 Å². The van der Waals surface area contributed by atoms with E-state index < -0.39 is 6.03 Å². The van der Waals surface area contributed by atoms with E-state index in [-0.39, 0.29) is 12.5 Å². The van der Waals surface area contributed by atoms with E-state index >= 15 is 0 Å². The highest BCUT2D eigenvalue weighted by atomic mass is 16.3. The summed E-state index contributed by atoms with van der Waals surface area (Å²) in [6.45, 7) is 2.00. The summed E-state index contributed by atoms with van der Waals surface area (Å²) in [4.78, 5) is 26.9. The Bertz CT molecular complexity index is 737. The number of piperidine rings is 1. The van der Waals surface area contributed by atoms with Gasteiger partial charge in [0.1, 0.15) is 5.76 Å². The normalized spacial score (nSPS) is 15.1. The number of imide groups is 1. The number of nitrogens with one attached hydrogen (secondary N) is 1. The molecule has 2 aromatic rings. The predicted octanol–water partition coefficient (Wildman–Crippen LogP) is 2.84.